The number of methoxy groups -OCH3 is 2. The number of aromatic amines is 1. The second-order valence-electron chi connectivity index (χ2n) is 6.79. The van der Waals surface area contributed by atoms with Gasteiger partial charge in [-0.2, -0.15) is 0 Å². The van der Waals surface area contributed by atoms with Crippen LogP contribution in [0.2, 0.25) is 0 Å². The van der Waals surface area contributed by atoms with Crippen LogP contribution in [-0.2, 0) is 13.1 Å². The molecule has 0 unspecified atom stereocenters. The number of benzene rings is 2. The van der Waals surface area contributed by atoms with Crippen LogP contribution in [0.15, 0.2) is 59.7 Å². The van der Waals surface area contributed by atoms with Gasteiger partial charge in [0, 0.05) is 19.2 Å². The summed E-state index contributed by atoms with van der Waals surface area (Å²) in [5.41, 5.74) is 3.08. The number of para-hydroxylation sites is 1. The molecule has 3 rings (SSSR count). The van der Waals surface area contributed by atoms with Crippen LogP contribution < -0.4 is 14.8 Å². The second kappa shape index (κ2) is 12.2. The third-order valence-electron chi connectivity index (χ3n) is 4.68. The normalized spacial score (nSPS) is 10.9. The summed E-state index contributed by atoms with van der Waals surface area (Å²) in [6, 6.07) is 16.0. The Balaban J connectivity index is 0.00000341. The van der Waals surface area contributed by atoms with Crippen molar-refractivity contribution >= 4 is 29.9 Å². The molecule has 0 aliphatic rings. The van der Waals surface area contributed by atoms with Gasteiger partial charge in [0.25, 0.3) is 0 Å². The molecule has 1 heterocycles. The summed E-state index contributed by atoms with van der Waals surface area (Å²) in [6.07, 6.45) is 1.86. The number of hydrogen-bond donors (Lipinski definition) is 2. The average Bonchev–Trinajstić information content (AvgIpc) is 3.25. The number of guanidine groups is 1. The van der Waals surface area contributed by atoms with Gasteiger partial charge in [0.05, 0.1) is 39.2 Å². The lowest BCUT2D eigenvalue weighted by Crippen LogP contribution is -2.38. The van der Waals surface area contributed by atoms with Gasteiger partial charge in [-0.3, -0.25) is 0 Å². The molecule has 0 bridgehead atoms. The number of hydrogen-bond acceptors (Lipinski definition) is 4. The molecule has 0 atom stereocenters. The molecule has 3 aromatic rings. The molecule has 0 saturated carbocycles. The number of nitrogens with one attached hydrogen (secondary N) is 2. The molecule has 0 saturated heterocycles. The van der Waals surface area contributed by atoms with E-state index in [0.29, 0.717) is 24.6 Å². The summed E-state index contributed by atoms with van der Waals surface area (Å²) in [5.74, 6) is 3.08. The molecule has 1 aromatic heterocycles. The van der Waals surface area contributed by atoms with Gasteiger partial charge in [-0.05, 0) is 18.6 Å². The number of aromatic nitrogens is 2. The maximum Gasteiger partial charge on any atom is 0.194 e. The Morgan fingerprint density at radius 3 is 2.55 bits per heavy atom. The van der Waals surface area contributed by atoms with Gasteiger partial charge in [-0.15, -0.1) is 24.0 Å². The minimum Gasteiger partial charge on any atom is -0.493 e. The maximum absolute atomic E-state index is 5.52. The van der Waals surface area contributed by atoms with Gasteiger partial charge in [-0.1, -0.05) is 42.5 Å². The molecule has 2 N–H and O–H groups in total. The maximum atomic E-state index is 5.52. The molecule has 0 amide bonds. The van der Waals surface area contributed by atoms with Crippen LogP contribution in [0.3, 0.4) is 0 Å². The predicted octanol–water partition coefficient (Wildman–Crippen LogP) is 4.31. The van der Waals surface area contributed by atoms with E-state index in [4.69, 9.17) is 14.5 Å². The second-order valence-corrected chi connectivity index (χ2v) is 6.79. The fraction of sp³-hybridized carbons (Fsp3) is 0.304. The number of imidazole rings is 1. The molecule has 0 radical (unpaired) electrons. The lowest BCUT2D eigenvalue weighted by Gasteiger charge is -2.21. The van der Waals surface area contributed by atoms with Crippen molar-refractivity contribution in [2.45, 2.75) is 20.0 Å². The molecular formula is C23H30IN5O2. The molecule has 166 valence electrons. The smallest absolute Gasteiger partial charge is 0.194 e. The van der Waals surface area contributed by atoms with Crippen molar-refractivity contribution in [3.63, 3.8) is 0 Å². The average molecular weight is 535 g/mol. The predicted molar refractivity (Wildman–Crippen MR) is 135 cm³/mol. The first-order valence-corrected chi connectivity index (χ1v) is 9.94. The third-order valence-corrected chi connectivity index (χ3v) is 4.68. The number of rotatable bonds is 8. The molecule has 0 fully saturated rings. The number of H-pyrrole nitrogens is 1. The Labute approximate surface area is 200 Å². The third kappa shape index (κ3) is 6.36. The number of ether oxygens (including phenoxy) is 2. The fourth-order valence-corrected chi connectivity index (χ4v) is 3.21. The SMILES string of the molecule is CCNC(=NCc1cccc(OC)c1OC)N(C)Cc1ncc(-c2ccccc2)[nH]1.I. The van der Waals surface area contributed by atoms with E-state index in [1.165, 1.54) is 0 Å². The quantitative estimate of drug-likeness (QED) is 0.256. The minimum absolute atomic E-state index is 0. The van der Waals surface area contributed by atoms with Crippen LogP contribution in [-0.4, -0.2) is 48.6 Å². The standard InChI is InChI=1S/C23H29N5O2.HI/c1-5-24-23(26-14-18-12-9-13-20(29-3)22(18)30-4)28(2)16-21-25-15-19(27-21)17-10-7-6-8-11-17;/h6-13,15H,5,14,16H2,1-4H3,(H,24,26)(H,25,27);1H. The lowest BCUT2D eigenvalue weighted by molar-refractivity contribution is 0.351. The number of aliphatic imine (C=N–C) groups is 1. The van der Waals surface area contributed by atoms with E-state index in [9.17, 15) is 0 Å². The summed E-state index contributed by atoms with van der Waals surface area (Å²) in [5, 5.41) is 3.34. The van der Waals surface area contributed by atoms with Crippen LogP contribution >= 0.6 is 24.0 Å². The van der Waals surface area contributed by atoms with Crippen LogP contribution in [0.4, 0.5) is 0 Å². The Bertz CT molecular complexity index is 975. The van der Waals surface area contributed by atoms with Crippen molar-refractivity contribution < 1.29 is 9.47 Å². The molecule has 0 aliphatic heterocycles. The van der Waals surface area contributed by atoms with Crippen LogP contribution in [0, 0.1) is 0 Å². The first-order valence-electron chi connectivity index (χ1n) is 9.94. The zero-order valence-electron chi connectivity index (χ0n) is 18.4. The summed E-state index contributed by atoms with van der Waals surface area (Å²) in [4.78, 5) is 14.7. The van der Waals surface area contributed by atoms with E-state index in [1.807, 2.05) is 54.5 Å². The van der Waals surface area contributed by atoms with Crippen LogP contribution in [0.5, 0.6) is 11.5 Å². The summed E-state index contributed by atoms with van der Waals surface area (Å²) < 4.78 is 10.9. The van der Waals surface area contributed by atoms with Crippen molar-refractivity contribution in [1.29, 1.82) is 0 Å². The molecule has 31 heavy (non-hydrogen) atoms. The molecule has 7 nitrogen and oxygen atoms in total. The van der Waals surface area contributed by atoms with Crippen molar-refractivity contribution in [2.75, 3.05) is 27.8 Å². The zero-order chi connectivity index (χ0) is 21.3. The summed E-state index contributed by atoms with van der Waals surface area (Å²) in [6.45, 7) is 3.90. The highest BCUT2D eigenvalue weighted by Gasteiger charge is 2.12. The van der Waals surface area contributed by atoms with Crippen molar-refractivity contribution in [3.05, 3.63) is 66.1 Å². The Morgan fingerprint density at radius 2 is 1.87 bits per heavy atom. The molecule has 2 aromatic carbocycles. The van der Waals surface area contributed by atoms with E-state index < -0.39 is 0 Å². The number of halogens is 1. The fourth-order valence-electron chi connectivity index (χ4n) is 3.21. The van der Waals surface area contributed by atoms with E-state index in [-0.39, 0.29) is 24.0 Å². The summed E-state index contributed by atoms with van der Waals surface area (Å²) in [7, 11) is 5.27. The molecular weight excluding hydrogens is 505 g/mol. The monoisotopic (exact) mass is 535 g/mol. The van der Waals surface area contributed by atoms with Gasteiger partial charge >= 0.3 is 0 Å². The highest BCUT2D eigenvalue weighted by molar-refractivity contribution is 14.0. The Morgan fingerprint density at radius 1 is 1.10 bits per heavy atom. The van der Waals surface area contributed by atoms with Gasteiger partial charge in [-0.25, -0.2) is 9.98 Å². The van der Waals surface area contributed by atoms with Crippen molar-refractivity contribution in [3.8, 4) is 22.8 Å². The number of nitrogens with zero attached hydrogens (tertiary/aromatic N) is 3. The van der Waals surface area contributed by atoms with Crippen molar-refractivity contribution in [2.24, 2.45) is 4.99 Å². The first-order chi connectivity index (χ1) is 14.7. The first kappa shape index (κ1) is 24.5. The Kier molecular flexibility index (Phi) is 9.64. The van der Waals surface area contributed by atoms with Crippen LogP contribution in [0.25, 0.3) is 11.3 Å². The van der Waals surface area contributed by atoms with Crippen LogP contribution in [0.1, 0.15) is 18.3 Å². The summed E-state index contributed by atoms with van der Waals surface area (Å²) >= 11 is 0. The largest absolute Gasteiger partial charge is 0.493 e. The Hall–Kier alpha value is -2.75. The highest BCUT2D eigenvalue weighted by Crippen LogP contribution is 2.31. The molecule has 8 heteroatoms. The minimum atomic E-state index is 0. The molecule has 0 spiro atoms. The van der Waals surface area contributed by atoms with Gasteiger partial charge in [0.2, 0.25) is 0 Å². The van der Waals surface area contributed by atoms with Gasteiger partial charge in [0.1, 0.15) is 5.82 Å². The van der Waals surface area contributed by atoms with Gasteiger partial charge < -0.3 is 24.7 Å². The van der Waals surface area contributed by atoms with Gasteiger partial charge in [0.15, 0.2) is 17.5 Å². The zero-order valence-corrected chi connectivity index (χ0v) is 20.7. The van der Waals surface area contributed by atoms with E-state index >= 15 is 0 Å². The lowest BCUT2D eigenvalue weighted by atomic mass is 10.2. The highest BCUT2D eigenvalue weighted by atomic mass is 127. The van der Waals surface area contributed by atoms with E-state index in [2.05, 4.69) is 34.3 Å². The molecule has 0 aliphatic carbocycles. The van der Waals surface area contributed by atoms with E-state index in [1.54, 1.807) is 14.2 Å². The topological polar surface area (TPSA) is 74.8 Å². The van der Waals surface area contributed by atoms with E-state index in [0.717, 1.165) is 35.1 Å². The van der Waals surface area contributed by atoms with Crippen molar-refractivity contribution in [1.82, 2.24) is 20.2 Å².